The Bertz CT molecular complexity index is 712. The van der Waals surface area contributed by atoms with Gasteiger partial charge in [0.25, 0.3) is 0 Å². The molecular formula is C17H26F3N3O2S. The first-order valence-corrected chi connectivity index (χ1v) is 10.1. The van der Waals surface area contributed by atoms with E-state index in [1.54, 1.807) is 13.8 Å². The molecule has 0 aliphatic heterocycles. The first-order chi connectivity index (χ1) is 11.9. The van der Waals surface area contributed by atoms with E-state index in [1.165, 1.54) is 18.4 Å². The van der Waals surface area contributed by atoms with E-state index in [0.29, 0.717) is 25.5 Å². The summed E-state index contributed by atoms with van der Waals surface area (Å²) < 4.78 is 60.1. The second-order valence-electron chi connectivity index (χ2n) is 6.60. The van der Waals surface area contributed by atoms with Gasteiger partial charge in [-0.15, -0.1) is 0 Å². The third kappa shape index (κ3) is 6.86. The average molecular weight is 393 g/mol. The van der Waals surface area contributed by atoms with Crippen molar-refractivity contribution in [2.45, 2.75) is 38.1 Å². The third-order valence-electron chi connectivity index (χ3n) is 3.95. The van der Waals surface area contributed by atoms with E-state index < -0.39 is 26.3 Å². The number of rotatable bonds is 7. The van der Waals surface area contributed by atoms with Crippen molar-refractivity contribution >= 4 is 15.8 Å². The van der Waals surface area contributed by atoms with Crippen LogP contribution in [0.1, 0.15) is 31.9 Å². The van der Waals surface area contributed by atoms with Gasteiger partial charge in [-0.3, -0.25) is 4.99 Å². The Balaban J connectivity index is 2.65. The summed E-state index contributed by atoms with van der Waals surface area (Å²) in [5.41, 5.74) is 0.0879. The van der Waals surface area contributed by atoms with Crippen LogP contribution in [0, 0.1) is 0 Å². The third-order valence-corrected chi connectivity index (χ3v) is 6.09. The lowest BCUT2D eigenvalue weighted by Crippen LogP contribution is -2.41. The Hall–Kier alpha value is -1.77. The predicted octanol–water partition coefficient (Wildman–Crippen LogP) is 2.63. The zero-order chi connectivity index (χ0) is 20.0. The number of hydrogen-bond acceptors (Lipinski definition) is 3. The summed E-state index contributed by atoms with van der Waals surface area (Å²) in [5, 5.41) is 6.08. The van der Waals surface area contributed by atoms with Gasteiger partial charge < -0.3 is 10.6 Å². The molecule has 1 aromatic carbocycles. The highest BCUT2D eigenvalue weighted by Gasteiger charge is 2.30. The molecule has 9 heteroatoms. The predicted molar refractivity (Wildman–Crippen MR) is 98.1 cm³/mol. The van der Waals surface area contributed by atoms with E-state index in [2.05, 4.69) is 15.6 Å². The summed E-state index contributed by atoms with van der Waals surface area (Å²) >= 11 is 0. The Labute approximate surface area is 153 Å². The van der Waals surface area contributed by atoms with Crippen LogP contribution in [-0.4, -0.2) is 45.0 Å². The van der Waals surface area contributed by atoms with E-state index >= 15 is 0 Å². The highest BCUT2D eigenvalue weighted by atomic mass is 32.2. The number of guanidine groups is 1. The van der Waals surface area contributed by atoms with Crippen molar-refractivity contribution < 1.29 is 21.6 Å². The lowest BCUT2D eigenvalue weighted by Gasteiger charge is -2.21. The second kappa shape index (κ2) is 8.75. The molecule has 1 rings (SSSR count). The number of halogens is 3. The van der Waals surface area contributed by atoms with Crippen LogP contribution < -0.4 is 10.6 Å². The first kappa shape index (κ1) is 22.3. The fourth-order valence-electron chi connectivity index (χ4n) is 1.91. The summed E-state index contributed by atoms with van der Waals surface area (Å²) in [6.07, 6.45) is -2.65. The molecule has 0 spiro atoms. The van der Waals surface area contributed by atoms with Gasteiger partial charge in [-0.2, -0.15) is 13.2 Å². The van der Waals surface area contributed by atoms with E-state index in [1.807, 2.05) is 6.92 Å². The van der Waals surface area contributed by atoms with Crippen LogP contribution in [0.2, 0.25) is 0 Å². The highest BCUT2D eigenvalue weighted by Crippen LogP contribution is 2.29. The SMILES string of the molecule is CCNC(=NCC(C)(C)S(C)(=O)=O)NCCc1ccc(C(F)(F)F)cc1. The molecule has 148 valence electrons. The van der Waals surface area contributed by atoms with Crippen molar-refractivity contribution in [3.63, 3.8) is 0 Å². The van der Waals surface area contributed by atoms with Gasteiger partial charge in [0.15, 0.2) is 15.8 Å². The highest BCUT2D eigenvalue weighted by molar-refractivity contribution is 7.92. The molecule has 2 N–H and O–H groups in total. The topological polar surface area (TPSA) is 70.6 Å². The van der Waals surface area contributed by atoms with Crippen LogP contribution in [0.25, 0.3) is 0 Å². The van der Waals surface area contributed by atoms with Crippen LogP contribution in [0.5, 0.6) is 0 Å². The largest absolute Gasteiger partial charge is 0.416 e. The maximum absolute atomic E-state index is 12.5. The molecule has 0 aromatic heterocycles. The molecule has 0 atom stereocenters. The average Bonchev–Trinajstić information content (AvgIpc) is 2.51. The number of benzene rings is 1. The zero-order valence-corrected chi connectivity index (χ0v) is 16.3. The molecule has 0 unspecified atom stereocenters. The molecule has 0 amide bonds. The molecule has 5 nitrogen and oxygen atoms in total. The number of nitrogens with one attached hydrogen (secondary N) is 2. The van der Waals surface area contributed by atoms with Crippen molar-refractivity contribution in [3.8, 4) is 0 Å². The minimum atomic E-state index is -4.34. The number of sulfone groups is 1. The van der Waals surface area contributed by atoms with Gasteiger partial charge in [0.2, 0.25) is 0 Å². The molecular weight excluding hydrogens is 367 g/mol. The summed E-state index contributed by atoms with van der Waals surface area (Å²) in [6, 6.07) is 5.01. The minimum absolute atomic E-state index is 0.0987. The Morgan fingerprint density at radius 3 is 2.15 bits per heavy atom. The van der Waals surface area contributed by atoms with Crippen LogP contribution in [0.15, 0.2) is 29.3 Å². The summed E-state index contributed by atoms with van der Waals surface area (Å²) in [4.78, 5) is 4.30. The van der Waals surface area contributed by atoms with Gasteiger partial charge in [0.1, 0.15) is 0 Å². The van der Waals surface area contributed by atoms with E-state index in [4.69, 9.17) is 0 Å². The van der Waals surface area contributed by atoms with Crippen molar-refractivity contribution in [2.75, 3.05) is 25.9 Å². The molecule has 0 aliphatic carbocycles. The van der Waals surface area contributed by atoms with E-state index in [-0.39, 0.29) is 6.54 Å². The molecule has 0 bridgehead atoms. The molecule has 26 heavy (non-hydrogen) atoms. The minimum Gasteiger partial charge on any atom is -0.357 e. The Morgan fingerprint density at radius 2 is 1.69 bits per heavy atom. The van der Waals surface area contributed by atoms with Gasteiger partial charge >= 0.3 is 6.18 Å². The van der Waals surface area contributed by atoms with Crippen molar-refractivity contribution in [1.82, 2.24) is 10.6 Å². The van der Waals surface area contributed by atoms with E-state index in [9.17, 15) is 21.6 Å². The smallest absolute Gasteiger partial charge is 0.357 e. The summed E-state index contributed by atoms with van der Waals surface area (Å²) in [6.45, 7) is 6.26. The summed E-state index contributed by atoms with van der Waals surface area (Å²) in [7, 11) is -3.25. The van der Waals surface area contributed by atoms with Crippen LogP contribution in [0.4, 0.5) is 13.2 Å². The normalized spacial score (nSPS) is 13.6. The fourth-order valence-corrected chi connectivity index (χ4v) is 2.21. The maximum Gasteiger partial charge on any atom is 0.416 e. The molecule has 0 saturated heterocycles. The second-order valence-corrected chi connectivity index (χ2v) is 9.25. The van der Waals surface area contributed by atoms with Crippen LogP contribution in [0.3, 0.4) is 0 Å². The lowest BCUT2D eigenvalue weighted by molar-refractivity contribution is -0.137. The van der Waals surface area contributed by atoms with Crippen molar-refractivity contribution in [1.29, 1.82) is 0 Å². The fraction of sp³-hybridized carbons (Fsp3) is 0.588. The zero-order valence-electron chi connectivity index (χ0n) is 15.4. The standard InChI is InChI=1S/C17H26F3N3O2S/c1-5-21-15(23-12-16(2,3)26(4,24)25)22-11-10-13-6-8-14(9-7-13)17(18,19)20/h6-9H,5,10-12H2,1-4H3,(H2,21,22,23). The van der Waals surface area contributed by atoms with Gasteiger partial charge in [-0.05, 0) is 44.9 Å². The number of nitrogens with zero attached hydrogens (tertiary/aromatic N) is 1. The monoisotopic (exact) mass is 393 g/mol. The molecule has 0 radical (unpaired) electrons. The van der Waals surface area contributed by atoms with Gasteiger partial charge in [-0.1, -0.05) is 12.1 Å². The molecule has 0 heterocycles. The maximum atomic E-state index is 12.5. The number of aliphatic imine (C=N–C) groups is 1. The van der Waals surface area contributed by atoms with Crippen LogP contribution in [-0.2, 0) is 22.4 Å². The summed E-state index contributed by atoms with van der Waals surface area (Å²) in [5.74, 6) is 0.469. The molecule has 0 fully saturated rings. The Kier molecular flexibility index (Phi) is 7.49. The number of alkyl halides is 3. The quantitative estimate of drug-likeness (QED) is 0.552. The lowest BCUT2D eigenvalue weighted by atomic mass is 10.1. The molecule has 0 aliphatic rings. The van der Waals surface area contributed by atoms with Crippen molar-refractivity contribution in [2.24, 2.45) is 4.99 Å². The first-order valence-electron chi connectivity index (χ1n) is 8.25. The molecule has 0 saturated carbocycles. The number of hydrogen-bond donors (Lipinski definition) is 2. The van der Waals surface area contributed by atoms with Gasteiger partial charge in [0, 0.05) is 19.3 Å². The van der Waals surface area contributed by atoms with Gasteiger partial charge in [-0.25, -0.2) is 8.42 Å². The molecule has 1 aromatic rings. The van der Waals surface area contributed by atoms with Gasteiger partial charge in [0.05, 0.1) is 16.9 Å². The van der Waals surface area contributed by atoms with Crippen molar-refractivity contribution in [3.05, 3.63) is 35.4 Å². The van der Waals surface area contributed by atoms with E-state index in [0.717, 1.165) is 17.7 Å². The van der Waals surface area contributed by atoms with Crippen LogP contribution >= 0.6 is 0 Å². The Morgan fingerprint density at radius 1 is 1.12 bits per heavy atom.